The van der Waals surface area contributed by atoms with Gasteiger partial charge in [-0.1, -0.05) is 23.2 Å². The van der Waals surface area contributed by atoms with E-state index in [0.717, 1.165) is 29.3 Å². The van der Waals surface area contributed by atoms with E-state index in [4.69, 9.17) is 23.2 Å². The van der Waals surface area contributed by atoms with Gasteiger partial charge in [-0.25, -0.2) is 0 Å². The molecule has 2 nitrogen and oxygen atoms in total. The Morgan fingerprint density at radius 3 is 2.15 bits per heavy atom. The Labute approximate surface area is 128 Å². The number of rotatable bonds is 3. The summed E-state index contributed by atoms with van der Waals surface area (Å²) >= 11 is 13.5. The lowest BCUT2D eigenvalue weighted by Gasteiger charge is -2.16. The number of hydrogen-bond acceptors (Lipinski definition) is 3. The number of benzene rings is 1. The van der Waals surface area contributed by atoms with Crippen molar-refractivity contribution in [3.05, 3.63) is 39.0 Å². The molecule has 1 aromatic carbocycles. The Morgan fingerprint density at radius 1 is 1.10 bits per heavy atom. The van der Waals surface area contributed by atoms with Crippen LogP contribution in [0, 0.1) is 0 Å². The average Bonchev–Trinajstić information content (AvgIpc) is 2.72. The van der Waals surface area contributed by atoms with Crippen molar-refractivity contribution in [3.8, 4) is 0 Å². The number of hydrogen-bond donors (Lipinski definition) is 2. The fourth-order valence-corrected chi connectivity index (χ4v) is 3.34. The lowest BCUT2D eigenvalue weighted by Crippen LogP contribution is -2.22. The van der Waals surface area contributed by atoms with Gasteiger partial charge in [-0.2, -0.15) is 24.9 Å². The van der Waals surface area contributed by atoms with Gasteiger partial charge >= 0.3 is 6.18 Å². The van der Waals surface area contributed by atoms with Gasteiger partial charge in [-0.15, -0.1) is 0 Å². The molecule has 0 saturated carbocycles. The number of thioether (sulfide) groups is 1. The fourth-order valence-electron chi connectivity index (χ4n) is 1.65. The molecule has 8 heteroatoms. The second kappa shape index (κ2) is 5.95. The van der Waals surface area contributed by atoms with E-state index >= 15 is 0 Å². The van der Waals surface area contributed by atoms with Crippen molar-refractivity contribution >= 4 is 40.7 Å². The van der Waals surface area contributed by atoms with Gasteiger partial charge in [-0.05, 0) is 24.6 Å². The van der Waals surface area contributed by atoms with Gasteiger partial charge in [0.05, 0.1) is 21.3 Å². The quantitative estimate of drug-likeness (QED) is 0.760. The third kappa shape index (κ3) is 3.48. The van der Waals surface area contributed by atoms with Gasteiger partial charge in [0, 0.05) is 17.2 Å². The molecule has 0 aromatic heterocycles. The first-order valence-electron chi connectivity index (χ1n) is 5.63. The van der Waals surface area contributed by atoms with Crippen LogP contribution < -0.4 is 10.9 Å². The first-order chi connectivity index (χ1) is 9.29. The second-order valence-electron chi connectivity index (χ2n) is 4.31. The van der Waals surface area contributed by atoms with Gasteiger partial charge in [-0.3, -0.25) is 5.43 Å². The van der Waals surface area contributed by atoms with Crippen LogP contribution in [0.3, 0.4) is 0 Å². The first-order valence-corrected chi connectivity index (χ1v) is 7.54. The Morgan fingerprint density at radius 2 is 1.70 bits per heavy atom. The highest BCUT2D eigenvalue weighted by Crippen LogP contribution is 2.38. The minimum absolute atomic E-state index is 0.0822. The van der Waals surface area contributed by atoms with Crippen molar-refractivity contribution in [2.24, 2.45) is 0 Å². The van der Waals surface area contributed by atoms with Crippen molar-refractivity contribution in [1.82, 2.24) is 5.43 Å². The molecule has 0 spiro atoms. The van der Waals surface area contributed by atoms with Crippen molar-refractivity contribution in [2.75, 3.05) is 16.9 Å². The van der Waals surface area contributed by atoms with E-state index in [1.54, 1.807) is 11.8 Å². The fraction of sp³-hybridized carbons (Fsp3) is 0.333. The first kappa shape index (κ1) is 15.7. The molecule has 0 amide bonds. The van der Waals surface area contributed by atoms with Crippen molar-refractivity contribution in [2.45, 2.75) is 13.1 Å². The molecule has 0 fully saturated rings. The highest BCUT2D eigenvalue weighted by Gasteiger charge is 2.32. The van der Waals surface area contributed by atoms with Crippen LogP contribution in [0.4, 0.5) is 18.9 Å². The average molecular weight is 343 g/mol. The number of anilines is 1. The molecule has 1 heterocycles. The Hall–Kier alpha value is -0.720. The predicted octanol–water partition coefficient (Wildman–Crippen LogP) is 4.95. The number of halogens is 5. The van der Waals surface area contributed by atoms with Gasteiger partial charge in [0.15, 0.2) is 0 Å². The van der Waals surface area contributed by atoms with Gasteiger partial charge in [0.1, 0.15) is 0 Å². The normalized spacial score (nSPS) is 15.7. The number of alkyl halides is 3. The van der Waals surface area contributed by atoms with E-state index in [1.165, 1.54) is 5.57 Å². The molecule has 1 aliphatic heterocycles. The molecule has 2 rings (SSSR count). The molecule has 20 heavy (non-hydrogen) atoms. The largest absolute Gasteiger partial charge is 0.416 e. The standard InChI is InChI=1S/C12H11Cl2F3N2S/c1-6-4-20-5-10(6)18-19-11-8(13)2-7(3-9(11)14)12(15,16)17/h2-3,18-19H,4-5H2,1H3. The molecule has 0 atom stereocenters. The van der Waals surface area contributed by atoms with E-state index in [0.29, 0.717) is 0 Å². The summed E-state index contributed by atoms with van der Waals surface area (Å²) in [7, 11) is 0. The number of nitrogens with one attached hydrogen (secondary N) is 2. The van der Waals surface area contributed by atoms with Crippen LogP contribution in [-0.4, -0.2) is 11.5 Å². The molecule has 0 bridgehead atoms. The van der Waals surface area contributed by atoms with Crippen LogP contribution >= 0.6 is 35.0 Å². The molecule has 1 aromatic rings. The zero-order chi connectivity index (χ0) is 14.9. The minimum Gasteiger partial charge on any atom is -0.304 e. The van der Waals surface area contributed by atoms with Crippen LogP contribution in [0.15, 0.2) is 23.4 Å². The molecule has 110 valence electrons. The topological polar surface area (TPSA) is 24.1 Å². The Bertz CT molecular complexity index is 535. The van der Waals surface area contributed by atoms with Crippen LogP contribution in [0.5, 0.6) is 0 Å². The second-order valence-corrected chi connectivity index (χ2v) is 6.11. The zero-order valence-corrected chi connectivity index (χ0v) is 12.7. The SMILES string of the molecule is CC1=C(NNc2c(Cl)cc(C(F)(F)F)cc2Cl)CSC1. The molecular weight excluding hydrogens is 332 g/mol. The van der Waals surface area contributed by atoms with Crippen LogP contribution in [0.1, 0.15) is 12.5 Å². The summed E-state index contributed by atoms with van der Waals surface area (Å²) in [6, 6.07) is 1.70. The van der Waals surface area contributed by atoms with Crippen LogP contribution in [0.25, 0.3) is 0 Å². The molecule has 0 unspecified atom stereocenters. The maximum atomic E-state index is 12.6. The summed E-state index contributed by atoms with van der Waals surface area (Å²) in [6.07, 6.45) is -4.47. The highest BCUT2D eigenvalue weighted by atomic mass is 35.5. The smallest absolute Gasteiger partial charge is 0.304 e. The van der Waals surface area contributed by atoms with Crippen molar-refractivity contribution in [1.29, 1.82) is 0 Å². The van der Waals surface area contributed by atoms with Gasteiger partial charge < -0.3 is 5.43 Å². The van der Waals surface area contributed by atoms with Crippen molar-refractivity contribution in [3.63, 3.8) is 0 Å². The molecule has 0 saturated heterocycles. The minimum atomic E-state index is -4.47. The lowest BCUT2D eigenvalue weighted by molar-refractivity contribution is -0.137. The summed E-state index contributed by atoms with van der Waals surface area (Å²) in [5.41, 5.74) is 7.26. The summed E-state index contributed by atoms with van der Waals surface area (Å²) in [5, 5.41) is -0.164. The highest BCUT2D eigenvalue weighted by molar-refractivity contribution is 7.99. The molecule has 0 aliphatic carbocycles. The molecule has 2 N–H and O–H groups in total. The van der Waals surface area contributed by atoms with E-state index in [9.17, 15) is 13.2 Å². The monoisotopic (exact) mass is 342 g/mol. The third-order valence-corrected chi connectivity index (χ3v) is 4.51. The Balaban J connectivity index is 2.19. The van der Waals surface area contributed by atoms with E-state index in [1.807, 2.05) is 6.92 Å². The summed E-state index contributed by atoms with van der Waals surface area (Å²) < 4.78 is 37.8. The summed E-state index contributed by atoms with van der Waals surface area (Å²) in [4.78, 5) is 0. The van der Waals surface area contributed by atoms with E-state index < -0.39 is 11.7 Å². The van der Waals surface area contributed by atoms with Crippen LogP contribution in [0.2, 0.25) is 10.0 Å². The van der Waals surface area contributed by atoms with Crippen LogP contribution in [-0.2, 0) is 6.18 Å². The maximum absolute atomic E-state index is 12.6. The zero-order valence-electron chi connectivity index (χ0n) is 10.4. The predicted molar refractivity (Wildman–Crippen MR) is 78.2 cm³/mol. The van der Waals surface area contributed by atoms with Gasteiger partial charge in [0.2, 0.25) is 0 Å². The molecule has 0 radical (unpaired) electrons. The Kier molecular flexibility index (Phi) is 4.66. The summed E-state index contributed by atoms with van der Waals surface area (Å²) in [5.74, 6) is 1.74. The van der Waals surface area contributed by atoms with Crippen molar-refractivity contribution < 1.29 is 13.2 Å². The van der Waals surface area contributed by atoms with E-state index in [2.05, 4.69) is 10.9 Å². The molecule has 1 aliphatic rings. The third-order valence-electron chi connectivity index (χ3n) is 2.79. The lowest BCUT2D eigenvalue weighted by atomic mass is 10.2. The van der Waals surface area contributed by atoms with Gasteiger partial charge in [0.25, 0.3) is 0 Å². The maximum Gasteiger partial charge on any atom is 0.416 e. The molecular formula is C12H11Cl2F3N2S. The number of hydrazine groups is 1. The van der Waals surface area contributed by atoms with E-state index in [-0.39, 0.29) is 15.7 Å². The summed E-state index contributed by atoms with van der Waals surface area (Å²) in [6.45, 7) is 1.99.